The number of amides is 1. The smallest absolute Gasteiger partial charge is 0.242 e. The summed E-state index contributed by atoms with van der Waals surface area (Å²) in [7, 11) is 0. The third-order valence-electron chi connectivity index (χ3n) is 5.11. The van der Waals surface area contributed by atoms with Crippen molar-refractivity contribution in [2.75, 3.05) is 18.0 Å². The summed E-state index contributed by atoms with van der Waals surface area (Å²) in [6.45, 7) is 1.37. The summed E-state index contributed by atoms with van der Waals surface area (Å²) in [5.74, 6) is 0.944. The molecule has 29 heavy (non-hydrogen) atoms. The van der Waals surface area contributed by atoms with Crippen LogP contribution >= 0.6 is 11.6 Å². The first-order chi connectivity index (χ1) is 14.1. The van der Waals surface area contributed by atoms with Crippen LogP contribution in [0.25, 0.3) is 0 Å². The summed E-state index contributed by atoms with van der Waals surface area (Å²) in [6.07, 6.45) is 4.24. The fourth-order valence-corrected chi connectivity index (χ4v) is 3.84. The molecule has 0 bridgehead atoms. The Morgan fingerprint density at radius 2 is 2.07 bits per heavy atom. The normalized spacial score (nSPS) is 16.7. The minimum absolute atomic E-state index is 0.0602. The summed E-state index contributed by atoms with van der Waals surface area (Å²) >= 11 is 6.19. The first-order valence-corrected chi connectivity index (χ1v) is 9.77. The van der Waals surface area contributed by atoms with Gasteiger partial charge in [-0.1, -0.05) is 29.8 Å². The van der Waals surface area contributed by atoms with E-state index in [-0.39, 0.29) is 18.5 Å². The zero-order valence-electron chi connectivity index (χ0n) is 15.8. The number of hydrogen-bond donors (Lipinski definition) is 1. The Morgan fingerprint density at radius 1 is 1.24 bits per heavy atom. The van der Waals surface area contributed by atoms with E-state index in [1.165, 1.54) is 0 Å². The van der Waals surface area contributed by atoms with Gasteiger partial charge in [-0.15, -0.1) is 0 Å². The Balaban J connectivity index is 1.57. The lowest BCUT2D eigenvalue weighted by molar-refractivity contribution is -0.132. The number of benzene rings is 2. The van der Waals surface area contributed by atoms with E-state index >= 15 is 0 Å². The molecule has 3 aromatic rings. The average Bonchev–Trinajstić information content (AvgIpc) is 3.24. The van der Waals surface area contributed by atoms with Crippen LogP contribution in [0.4, 0.5) is 5.69 Å². The van der Waals surface area contributed by atoms with Crippen LogP contribution in [0.15, 0.2) is 60.9 Å². The van der Waals surface area contributed by atoms with Gasteiger partial charge in [0.05, 0.1) is 24.2 Å². The van der Waals surface area contributed by atoms with Crippen molar-refractivity contribution in [1.29, 1.82) is 5.26 Å². The van der Waals surface area contributed by atoms with Crippen LogP contribution in [-0.4, -0.2) is 39.9 Å². The largest absolute Gasteiger partial charge is 0.357 e. The molecule has 1 unspecified atom stereocenters. The summed E-state index contributed by atoms with van der Waals surface area (Å²) in [4.78, 5) is 24.4. The molecule has 0 aliphatic carbocycles. The van der Waals surface area contributed by atoms with Crippen molar-refractivity contribution >= 4 is 23.2 Å². The molecule has 4 rings (SSSR count). The van der Waals surface area contributed by atoms with Crippen molar-refractivity contribution in [3.8, 4) is 6.07 Å². The monoisotopic (exact) mass is 405 g/mol. The Bertz CT molecular complexity index is 1030. The molecule has 1 fully saturated rings. The molecule has 1 N–H and O–H groups in total. The van der Waals surface area contributed by atoms with Crippen LogP contribution in [0.1, 0.15) is 17.0 Å². The van der Waals surface area contributed by atoms with Crippen molar-refractivity contribution < 1.29 is 4.79 Å². The van der Waals surface area contributed by atoms with Crippen LogP contribution in [0.5, 0.6) is 0 Å². The third-order valence-corrected chi connectivity index (χ3v) is 5.35. The number of nitriles is 1. The lowest BCUT2D eigenvalue weighted by Crippen LogP contribution is -2.56. The maximum Gasteiger partial charge on any atom is 0.242 e. The number of nitrogens with zero attached hydrogens (tertiary/aromatic N) is 4. The number of aromatic amines is 1. The Labute approximate surface area is 174 Å². The van der Waals surface area contributed by atoms with E-state index < -0.39 is 0 Å². The van der Waals surface area contributed by atoms with Crippen LogP contribution < -0.4 is 4.90 Å². The fourth-order valence-electron chi connectivity index (χ4n) is 3.65. The van der Waals surface area contributed by atoms with Crippen molar-refractivity contribution in [2.45, 2.75) is 19.0 Å². The molecule has 146 valence electrons. The minimum Gasteiger partial charge on any atom is -0.357 e. The lowest BCUT2D eigenvalue weighted by Gasteiger charge is -2.42. The summed E-state index contributed by atoms with van der Waals surface area (Å²) in [6, 6.07) is 17.1. The first kappa shape index (κ1) is 19.0. The molecule has 1 aliphatic rings. The molecule has 7 heteroatoms. The molecule has 1 atom stereocenters. The van der Waals surface area contributed by atoms with Crippen molar-refractivity contribution in [2.24, 2.45) is 0 Å². The number of carbonyl (C=O) groups is 1. The number of nitrogens with one attached hydrogen (secondary N) is 1. The second-order valence-corrected chi connectivity index (χ2v) is 7.52. The highest BCUT2D eigenvalue weighted by molar-refractivity contribution is 6.30. The predicted molar refractivity (Wildman–Crippen MR) is 111 cm³/mol. The maximum atomic E-state index is 12.9. The molecule has 0 spiro atoms. The van der Waals surface area contributed by atoms with E-state index in [4.69, 9.17) is 16.9 Å². The fraction of sp³-hybridized carbons (Fsp3) is 0.227. The van der Waals surface area contributed by atoms with Crippen LogP contribution in [-0.2, 0) is 17.8 Å². The first-order valence-electron chi connectivity index (χ1n) is 9.39. The number of carbonyl (C=O) groups excluding carboxylic acids is 1. The highest BCUT2D eigenvalue weighted by Crippen LogP contribution is 2.26. The second-order valence-electron chi connectivity index (χ2n) is 7.08. The highest BCUT2D eigenvalue weighted by Gasteiger charge is 2.33. The maximum absolute atomic E-state index is 12.9. The van der Waals surface area contributed by atoms with Gasteiger partial charge < -0.3 is 14.8 Å². The highest BCUT2D eigenvalue weighted by atomic mass is 35.5. The number of imidazole rings is 1. The van der Waals surface area contributed by atoms with E-state index in [1.54, 1.807) is 18.3 Å². The molecule has 2 aromatic carbocycles. The van der Waals surface area contributed by atoms with Crippen molar-refractivity contribution in [3.63, 3.8) is 0 Å². The van der Waals surface area contributed by atoms with Gasteiger partial charge in [0, 0.05) is 42.6 Å². The van der Waals surface area contributed by atoms with Crippen molar-refractivity contribution in [3.05, 3.63) is 82.9 Å². The van der Waals surface area contributed by atoms with E-state index in [9.17, 15) is 4.79 Å². The average molecular weight is 406 g/mol. The molecular formula is C22H20ClN5O. The summed E-state index contributed by atoms with van der Waals surface area (Å²) in [5, 5.41) is 9.61. The number of rotatable bonds is 5. The Hall–Kier alpha value is -3.30. The molecule has 1 saturated heterocycles. The van der Waals surface area contributed by atoms with Crippen LogP contribution in [0, 0.1) is 11.3 Å². The zero-order valence-corrected chi connectivity index (χ0v) is 16.5. The van der Waals surface area contributed by atoms with Gasteiger partial charge in [0.25, 0.3) is 0 Å². The molecule has 1 aliphatic heterocycles. The number of H-pyrrole nitrogens is 1. The second kappa shape index (κ2) is 8.38. The number of hydrogen-bond acceptors (Lipinski definition) is 4. The Kier molecular flexibility index (Phi) is 5.50. The van der Waals surface area contributed by atoms with Gasteiger partial charge in [-0.05, 0) is 35.9 Å². The molecule has 1 aromatic heterocycles. The van der Waals surface area contributed by atoms with Gasteiger partial charge in [-0.2, -0.15) is 5.26 Å². The van der Waals surface area contributed by atoms with Gasteiger partial charge in [0.15, 0.2) is 0 Å². The van der Waals surface area contributed by atoms with Gasteiger partial charge in [0.2, 0.25) is 5.91 Å². The SMILES string of the molecule is N#Cc1ccc(CN2CC(Cc3ncc[nH]3)N(c3cccc(Cl)c3)CC2=O)cc1. The standard InChI is InChI=1S/C22H20ClN5O/c23-18-2-1-3-19(10-18)28-15-22(29)27(13-17-6-4-16(12-24)5-7-17)14-20(28)11-21-25-8-9-26-21/h1-10,20H,11,13-15H2,(H,25,26). The zero-order chi connectivity index (χ0) is 20.2. The molecule has 0 radical (unpaired) electrons. The van der Waals surface area contributed by atoms with E-state index in [1.807, 2.05) is 47.5 Å². The number of piperazine rings is 1. The Morgan fingerprint density at radius 3 is 2.76 bits per heavy atom. The number of halogens is 1. The minimum atomic E-state index is 0.0602. The predicted octanol–water partition coefficient (Wildman–Crippen LogP) is 3.39. The van der Waals surface area contributed by atoms with E-state index in [0.29, 0.717) is 30.1 Å². The summed E-state index contributed by atoms with van der Waals surface area (Å²) < 4.78 is 0. The van der Waals surface area contributed by atoms with Gasteiger partial charge in [-0.3, -0.25) is 4.79 Å². The van der Waals surface area contributed by atoms with Crippen molar-refractivity contribution in [1.82, 2.24) is 14.9 Å². The molecule has 6 nitrogen and oxygen atoms in total. The third kappa shape index (κ3) is 4.41. The topological polar surface area (TPSA) is 76.0 Å². The van der Waals surface area contributed by atoms with E-state index in [2.05, 4.69) is 20.9 Å². The molecular weight excluding hydrogens is 386 g/mol. The van der Waals surface area contributed by atoms with Gasteiger partial charge in [0.1, 0.15) is 5.82 Å². The summed E-state index contributed by atoms with van der Waals surface area (Å²) in [5.41, 5.74) is 2.55. The van der Waals surface area contributed by atoms with Gasteiger partial charge >= 0.3 is 0 Å². The number of anilines is 1. The van der Waals surface area contributed by atoms with Gasteiger partial charge in [-0.25, -0.2) is 4.98 Å². The number of aromatic nitrogens is 2. The quantitative estimate of drug-likeness (QED) is 0.705. The van der Waals surface area contributed by atoms with E-state index in [0.717, 1.165) is 17.1 Å². The molecule has 1 amide bonds. The molecule has 2 heterocycles. The molecule has 0 saturated carbocycles. The van der Waals surface area contributed by atoms with Crippen LogP contribution in [0.3, 0.4) is 0 Å². The lowest BCUT2D eigenvalue weighted by atomic mass is 10.0. The van der Waals surface area contributed by atoms with Crippen LogP contribution in [0.2, 0.25) is 5.02 Å².